The Balaban J connectivity index is 1.27. The molecule has 2 aliphatic heterocycles. The lowest BCUT2D eigenvalue weighted by atomic mass is 9.91. The first-order chi connectivity index (χ1) is 14.2. The Morgan fingerprint density at radius 3 is 2.69 bits per heavy atom. The molecule has 3 heterocycles. The van der Waals surface area contributed by atoms with Crippen molar-refractivity contribution in [3.8, 4) is 5.69 Å². The van der Waals surface area contributed by atoms with Crippen molar-refractivity contribution >= 4 is 5.91 Å². The van der Waals surface area contributed by atoms with E-state index in [2.05, 4.69) is 10.00 Å². The Labute approximate surface area is 171 Å². The van der Waals surface area contributed by atoms with E-state index in [1.54, 1.807) is 23.0 Å². The van der Waals surface area contributed by atoms with Crippen molar-refractivity contribution in [2.75, 3.05) is 39.4 Å². The number of carbonyl (C=O) groups is 1. The maximum Gasteiger partial charge on any atom is 0.222 e. The molecule has 6 nitrogen and oxygen atoms in total. The average Bonchev–Trinajstić information content (AvgIpc) is 3.28. The van der Waals surface area contributed by atoms with Crippen molar-refractivity contribution in [1.82, 2.24) is 19.6 Å². The zero-order valence-electron chi connectivity index (χ0n) is 16.8. The molecule has 4 rings (SSSR count). The van der Waals surface area contributed by atoms with Crippen molar-refractivity contribution in [3.63, 3.8) is 0 Å². The first-order valence-corrected chi connectivity index (χ1v) is 10.6. The summed E-state index contributed by atoms with van der Waals surface area (Å²) in [5.74, 6) is 0.640. The third-order valence-electron chi connectivity index (χ3n) is 6.02. The van der Waals surface area contributed by atoms with Crippen LogP contribution in [0, 0.1) is 11.7 Å². The highest BCUT2D eigenvalue weighted by Crippen LogP contribution is 2.25. The summed E-state index contributed by atoms with van der Waals surface area (Å²) in [6.45, 7) is 5.44. The summed E-state index contributed by atoms with van der Waals surface area (Å²) < 4.78 is 20.9. The fraction of sp³-hybridized carbons (Fsp3) is 0.545. The molecule has 2 saturated heterocycles. The number of likely N-dealkylation sites (tertiary alicyclic amines) is 1. The second-order valence-electron chi connectivity index (χ2n) is 7.98. The highest BCUT2D eigenvalue weighted by Gasteiger charge is 2.23. The zero-order chi connectivity index (χ0) is 20.1. The van der Waals surface area contributed by atoms with Gasteiger partial charge in [0.1, 0.15) is 5.82 Å². The number of benzene rings is 1. The second-order valence-corrected chi connectivity index (χ2v) is 7.98. The van der Waals surface area contributed by atoms with E-state index < -0.39 is 0 Å². The topological polar surface area (TPSA) is 50.6 Å². The van der Waals surface area contributed by atoms with Crippen LogP contribution in [-0.2, 0) is 16.1 Å². The molecule has 7 heteroatoms. The largest absolute Gasteiger partial charge is 0.378 e. The number of aromatic nitrogens is 2. The van der Waals surface area contributed by atoms with Crippen molar-refractivity contribution in [2.24, 2.45) is 5.92 Å². The molecule has 0 atom stereocenters. The summed E-state index contributed by atoms with van der Waals surface area (Å²) in [4.78, 5) is 16.7. The van der Waals surface area contributed by atoms with Crippen molar-refractivity contribution < 1.29 is 13.9 Å². The van der Waals surface area contributed by atoms with Crippen LogP contribution in [-0.4, -0.2) is 64.9 Å². The van der Waals surface area contributed by atoms with Crippen LogP contribution in [0.5, 0.6) is 0 Å². The summed E-state index contributed by atoms with van der Waals surface area (Å²) in [5.41, 5.74) is 1.88. The molecular weight excluding hydrogens is 371 g/mol. The number of halogens is 1. The number of nitrogens with zero attached hydrogens (tertiary/aromatic N) is 4. The maximum absolute atomic E-state index is 13.8. The van der Waals surface area contributed by atoms with Gasteiger partial charge in [0.05, 0.1) is 18.9 Å². The number of ether oxygens (including phenoxy) is 1. The minimum absolute atomic E-state index is 0.215. The Hall–Kier alpha value is -2.25. The number of carbonyl (C=O) groups excluding carboxylic acids is 1. The lowest BCUT2D eigenvalue weighted by Gasteiger charge is -2.33. The third-order valence-corrected chi connectivity index (χ3v) is 6.02. The van der Waals surface area contributed by atoms with E-state index >= 15 is 0 Å². The van der Waals surface area contributed by atoms with E-state index in [4.69, 9.17) is 4.74 Å². The third kappa shape index (κ3) is 5.22. The highest BCUT2D eigenvalue weighted by molar-refractivity contribution is 5.76. The predicted molar refractivity (Wildman–Crippen MR) is 108 cm³/mol. The fourth-order valence-corrected chi connectivity index (χ4v) is 4.29. The summed E-state index contributed by atoms with van der Waals surface area (Å²) >= 11 is 0. The van der Waals surface area contributed by atoms with Gasteiger partial charge in [-0.15, -0.1) is 0 Å². The molecule has 0 unspecified atom stereocenters. The average molecular weight is 400 g/mol. The minimum atomic E-state index is -0.215. The quantitative estimate of drug-likeness (QED) is 0.748. The Bertz CT molecular complexity index is 797. The zero-order valence-corrected chi connectivity index (χ0v) is 16.8. The van der Waals surface area contributed by atoms with E-state index in [-0.39, 0.29) is 11.7 Å². The van der Waals surface area contributed by atoms with Crippen LogP contribution in [0.3, 0.4) is 0 Å². The first-order valence-electron chi connectivity index (χ1n) is 10.6. The van der Waals surface area contributed by atoms with E-state index in [0.717, 1.165) is 56.7 Å². The van der Waals surface area contributed by atoms with Crippen molar-refractivity contribution in [2.45, 2.75) is 32.2 Å². The molecule has 2 fully saturated rings. The smallest absolute Gasteiger partial charge is 0.222 e. The summed E-state index contributed by atoms with van der Waals surface area (Å²) in [6, 6.07) is 6.76. The van der Waals surface area contributed by atoms with Gasteiger partial charge in [-0.05, 0) is 68.1 Å². The summed E-state index contributed by atoms with van der Waals surface area (Å²) in [5, 5.41) is 4.29. The standard InChI is InChI=1S/C22H29FN4O2/c23-20-3-4-21(27-9-1-8-24-27)19(16-20)17-25-10-6-18(7-11-25)2-5-22(28)26-12-14-29-15-13-26/h1,3-4,8-9,16,18H,2,5-7,10-15,17H2. The number of morpholine rings is 1. The lowest BCUT2D eigenvalue weighted by molar-refractivity contribution is -0.135. The molecule has 1 aromatic carbocycles. The van der Waals surface area contributed by atoms with Gasteiger partial charge in [-0.3, -0.25) is 9.69 Å². The van der Waals surface area contributed by atoms with E-state index in [0.29, 0.717) is 32.1 Å². The van der Waals surface area contributed by atoms with Gasteiger partial charge in [0.15, 0.2) is 0 Å². The molecule has 0 N–H and O–H groups in total. The van der Waals surface area contributed by atoms with Gasteiger partial charge in [0, 0.05) is 38.4 Å². The van der Waals surface area contributed by atoms with Gasteiger partial charge < -0.3 is 9.64 Å². The maximum atomic E-state index is 13.8. The minimum Gasteiger partial charge on any atom is -0.378 e. The SMILES string of the molecule is O=C(CCC1CCN(Cc2cc(F)ccc2-n2cccn2)CC1)N1CCOCC1. The molecule has 0 spiro atoms. The van der Waals surface area contributed by atoms with E-state index in [1.807, 2.05) is 17.2 Å². The van der Waals surface area contributed by atoms with E-state index in [1.165, 1.54) is 6.07 Å². The van der Waals surface area contributed by atoms with E-state index in [9.17, 15) is 9.18 Å². The first kappa shape index (κ1) is 20.0. The Morgan fingerprint density at radius 2 is 1.97 bits per heavy atom. The Morgan fingerprint density at radius 1 is 1.17 bits per heavy atom. The molecule has 29 heavy (non-hydrogen) atoms. The summed E-state index contributed by atoms with van der Waals surface area (Å²) in [6.07, 6.45) is 7.39. The molecule has 156 valence electrons. The van der Waals surface area contributed by atoms with Crippen LogP contribution in [0.25, 0.3) is 5.69 Å². The number of rotatable bonds is 6. The van der Waals surface area contributed by atoms with Crippen LogP contribution in [0.1, 0.15) is 31.2 Å². The Kier molecular flexibility index (Phi) is 6.56. The number of hydrogen-bond donors (Lipinski definition) is 0. The van der Waals surface area contributed by atoms with Gasteiger partial charge in [0.2, 0.25) is 5.91 Å². The summed E-state index contributed by atoms with van der Waals surface area (Å²) in [7, 11) is 0. The van der Waals surface area contributed by atoms with Crippen LogP contribution in [0.2, 0.25) is 0 Å². The van der Waals surface area contributed by atoms with Crippen molar-refractivity contribution in [1.29, 1.82) is 0 Å². The van der Waals surface area contributed by atoms with Crippen LogP contribution >= 0.6 is 0 Å². The van der Waals surface area contributed by atoms with Gasteiger partial charge in [-0.25, -0.2) is 9.07 Å². The lowest BCUT2D eigenvalue weighted by Crippen LogP contribution is -2.41. The van der Waals surface area contributed by atoms with Crippen LogP contribution in [0.4, 0.5) is 4.39 Å². The van der Waals surface area contributed by atoms with Gasteiger partial charge in [0.25, 0.3) is 0 Å². The molecular formula is C22H29FN4O2. The molecule has 1 aromatic heterocycles. The predicted octanol–water partition coefficient (Wildman–Crippen LogP) is 2.86. The van der Waals surface area contributed by atoms with Crippen LogP contribution in [0.15, 0.2) is 36.7 Å². The number of amides is 1. The molecule has 0 radical (unpaired) electrons. The van der Waals surface area contributed by atoms with Gasteiger partial charge >= 0.3 is 0 Å². The van der Waals surface area contributed by atoms with Crippen molar-refractivity contribution in [3.05, 3.63) is 48.0 Å². The highest BCUT2D eigenvalue weighted by atomic mass is 19.1. The second kappa shape index (κ2) is 9.50. The normalized spacial score (nSPS) is 18.9. The fourth-order valence-electron chi connectivity index (χ4n) is 4.29. The van der Waals surface area contributed by atoms with Gasteiger partial charge in [-0.2, -0.15) is 5.10 Å². The molecule has 1 amide bonds. The number of hydrogen-bond acceptors (Lipinski definition) is 4. The molecule has 0 bridgehead atoms. The number of piperidine rings is 1. The molecule has 0 saturated carbocycles. The van der Waals surface area contributed by atoms with Gasteiger partial charge in [-0.1, -0.05) is 0 Å². The monoisotopic (exact) mass is 400 g/mol. The molecule has 2 aliphatic rings. The molecule has 0 aliphatic carbocycles. The molecule has 2 aromatic rings. The van der Waals surface area contributed by atoms with Crippen LogP contribution < -0.4 is 0 Å².